The first-order valence-electron chi connectivity index (χ1n) is 5.78. The first-order chi connectivity index (χ1) is 8.72. The summed E-state index contributed by atoms with van der Waals surface area (Å²) in [5.41, 5.74) is 2.93. The average Bonchev–Trinajstić information content (AvgIpc) is 2.82. The molecule has 0 bridgehead atoms. The molecule has 2 aliphatic rings. The maximum Gasteiger partial charge on any atom is 0.302 e. The number of fused-ring (bicyclic) bond motifs is 1. The van der Waals surface area contributed by atoms with Gasteiger partial charge in [0.05, 0.1) is 12.5 Å². The molecule has 0 saturated heterocycles. The molecule has 0 aromatic rings. The summed E-state index contributed by atoms with van der Waals surface area (Å²) in [6, 6.07) is 3.53. The lowest BCUT2D eigenvalue weighted by atomic mass is 10.1. The van der Waals surface area contributed by atoms with Gasteiger partial charge < -0.3 is 9.15 Å². The molecule has 0 atom stereocenters. The molecule has 0 spiro atoms. The van der Waals surface area contributed by atoms with Gasteiger partial charge in [-0.05, 0) is 5.56 Å². The molecular formula is C14H16O4. The summed E-state index contributed by atoms with van der Waals surface area (Å²) in [5, 5.41) is 0. The SMILES string of the molecule is CC.CC(=O)OCc1cocc2c(C=O)ccc1-2. The molecule has 0 amide bonds. The highest BCUT2D eigenvalue weighted by atomic mass is 16.5. The summed E-state index contributed by atoms with van der Waals surface area (Å²) in [7, 11) is 0. The summed E-state index contributed by atoms with van der Waals surface area (Å²) in [6.07, 6.45) is 3.80. The largest absolute Gasteiger partial charge is 0.472 e. The maximum absolute atomic E-state index is 10.7. The minimum absolute atomic E-state index is 0.151. The van der Waals surface area contributed by atoms with Crippen LogP contribution in [0, 0.1) is 0 Å². The normalized spacial score (nSPS) is 9.50. The van der Waals surface area contributed by atoms with Crippen molar-refractivity contribution in [2.24, 2.45) is 0 Å². The maximum atomic E-state index is 10.7. The van der Waals surface area contributed by atoms with Gasteiger partial charge in [0.15, 0.2) is 6.29 Å². The first-order valence-corrected chi connectivity index (χ1v) is 5.78. The Balaban J connectivity index is 0.000000771. The van der Waals surface area contributed by atoms with Crippen LogP contribution < -0.4 is 0 Å². The van der Waals surface area contributed by atoms with Crippen LogP contribution >= 0.6 is 0 Å². The Bertz CT molecular complexity index is 499. The molecule has 0 radical (unpaired) electrons. The third-order valence-corrected chi connectivity index (χ3v) is 2.33. The predicted molar refractivity (Wildman–Crippen MR) is 67.5 cm³/mol. The van der Waals surface area contributed by atoms with Crippen molar-refractivity contribution in [3.05, 3.63) is 35.8 Å². The molecule has 1 heterocycles. The molecular weight excluding hydrogens is 232 g/mol. The number of carbonyl (C=O) groups is 2. The molecule has 0 aromatic carbocycles. The van der Waals surface area contributed by atoms with Gasteiger partial charge in [0.2, 0.25) is 0 Å². The van der Waals surface area contributed by atoms with Crippen LogP contribution in [-0.2, 0) is 16.1 Å². The molecule has 0 unspecified atom stereocenters. The molecule has 96 valence electrons. The van der Waals surface area contributed by atoms with Crippen LogP contribution in [0.2, 0.25) is 0 Å². The minimum Gasteiger partial charge on any atom is -0.472 e. The molecule has 18 heavy (non-hydrogen) atoms. The lowest BCUT2D eigenvalue weighted by Gasteiger charge is -2.07. The van der Waals surface area contributed by atoms with Gasteiger partial charge in [0.1, 0.15) is 6.61 Å². The van der Waals surface area contributed by atoms with Crippen LogP contribution in [0.15, 0.2) is 29.1 Å². The van der Waals surface area contributed by atoms with Crippen LogP contribution in [0.5, 0.6) is 0 Å². The van der Waals surface area contributed by atoms with Crippen LogP contribution in [0.4, 0.5) is 0 Å². The van der Waals surface area contributed by atoms with Gasteiger partial charge in [-0.15, -0.1) is 0 Å². The van der Waals surface area contributed by atoms with Gasteiger partial charge in [-0.2, -0.15) is 0 Å². The minimum atomic E-state index is -0.348. The van der Waals surface area contributed by atoms with Crippen molar-refractivity contribution in [1.29, 1.82) is 0 Å². The fourth-order valence-electron chi connectivity index (χ4n) is 1.56. The van der Waals surface area contributed by atoms with Crippen LogP contribution in [0.1, 0.15) is 36.7 Å². The van der Waals surface area contributed by atoms with E-state index in [-0.39, 0.29) is 12.6 Å². The zero-order valence-corrected chi connectivity index (χ0v) is 10.7. The van der Waals surface area contributed by atoms with Crippen molar-refractivity contribution >= 4 is 12.3 Å². The van der Waals surface area contributed by atoms with Crippen LogP contribution in [-0.4, -0.2) is 12.3 Å². The van der Waals surface area contributed by atoms with E-state index in [4.69, 9.17) is 9.15 Å². The quantitative estimate of drug-likeness (QED) is 0.617. The van der Waals surface area contributed by atoms with E-state index in [0.29, 0.717) is 5.56 Å². The molecule has 0 N–H and O–H groups in total. The second-order valence-electron chi connectivity index (χ2n) is 3.41. The summed E-state index contributed by atoms with van der Waals surface area (Å²) >= 11 is 0. The molecule has 0 fully saturated rings. The van der Waals surface area contributed by atoms with E-state index in [1.807, 2.05) is 19.9 Å². The zero-order valence-electron chi connectivity index (χ0n) is 10.7. The highest BCUT2D eigenvalue weighted by Crippen LogP contribution is 2.30. The second-order valence-corrected chi connectivity index (χ2v) is 3.41. The smallest absolute Gasteiger partial charge is 0.302 e. The number of aldehydes is 1. The average molecular weight is 248 g/mol. The summed E-state index contributed by atoms with van der Waals surface area (Å²) in [6.45, 7) is 5.50. The molecule has 2 rings (SSSR count). The summed E-state index contributed by atoms with van der Waals surface area (Å²) in [4.78, 5) is 21.4. The lowest BCUT2D eigenvalue weighted by Crippen LogP contribution is -2.00. The number of esters is 1. The Labute approximate surface area is 106 Å². The van der Waals surface area contributed by atoms with Gasteiger partial charge in [-0.25, -0.2) is 0 Å². The molecule has 0 aromatic heterocycles. The fraction of sp³-hybridized carbons (Fsp3) is 0.286. The predicted octanol–water partition coefficient (Wildman–Crippen LogP) is 3.29. The first kappa shape index (κ1) is 14.0. The van der Waals surface area contributed by atoms with E-state index in [9.17, 15) is 9.59 Å². The second kappa shape index (κ2) is 6.59. The monoisotopic (exact) mass is 248 g/mol. The molecule has 4 heteroatoms. The third-order valence-electron chi connectivity index (χ3n) is 2.33. The lowest BCUT2D eigenvalue weighted by molar-refractivity contribution is -0.142. The Morgan fingerprint density at radius 1 is 1.28 bits per heavy atom. The van der Waals surface area contributed by atoms with Crippen molar-refractivity contribution in [2.75, 3.05) is 0 Å². The van der Waals surface area contributed by atoms with Crippen molar-refractivity contribution in [3.63, 3.8) is 0 Å². The van der Waals surface area contributed by atoms with Crippen LogP contribution in [0.3, 0.4) is 0 Å². The standard InChI is InChI=1S/C12H10O4.C2H6/c1-8(14)16-6-10-5-15-7-12-9(4-13)2-3-11(10)12;1-2/h2-5,7H,6H2,1H3;1-2H3. The van der Waals surface area contributed by atoms with Crippen molar-refractivity contribution in [2.45, 2.75) is 27.4 Å². The van der Waals surface area contributed by atoms with Gasteiger partial charge in [-0.3, -0.25) is 9.59 Å². The van der Waals surface area contributed by atoms with Gasteiger partial charge in [0, 0.05) is 23.6 Å². The van der Waals surface area contributed by atoms with E-state index in [2.05, 4.69) is 0 Å². The van der Waals surface area contributed by atoms with E-state index in [1.165, 1.54) is 19.5 Å². The zero-order chi connectivity index (χ0) is 13.5. The highest BCUT2D eigenvalue weighted by Gasteiger charge is 2.14. The highest BCUT2D eigenvalue weighted by molar-refractivity contribution is 5.90. The van der Waals surface area contributed by atoms with Gasteiger partial charge in [-0.1, -0.05) is 26.0 Å². The summed E-state index contributed by atoms with van der Waals surface area (Å²) in [5.74, 6) is -0.348. The summed E-state index contributed by atoms with van der Waals surface area (Å²) < 4.78 is 10.00. The molecule has 0 saturated carbocycles. The van der Waals surface area contributed by atoms with E-state index in [1.54, 1.807) is 6.07 Å². The van der Waals surface area contributed by atoms with Gasteiger partial charge in [0.25, 0.3) is 0 Å². The van der Waals surface area contributed by atoms with E-state index >= 15 is 0 Å². The van der Waals surface area contributed by atoms with Crippen LogP contribution in [0.25, 0.3) is 11.1 Å². The van der Waals surface area contributed by atoms with Crippen molar-refractivity contribution < 1.29 is 18.7 Å². The number of rotatable bonds is 3. The molecule has 1 aliphatic carbocycles. The van der Waals surface area contributed by atoms with Crippen molar-refractivity contribution in [3.8, 4) is 11.1 Å². The third kappa shape index (κ3) is 2.97. The Morgan fingerprint density at radius 3 is 2.61 bits per heavy atom. The Kier molecular flexibility index (Phi) is 5.11. The van der Waals surface area contributed by atoms with Gasteiger partial charge >= 0.3 is 5.97 Å². The Hall–Kier alpha value is -2.10. The number of ether oxygens (including phenoxy) is 1. The topological polar surface area (TPSA) is 56.5 Å². The molecule has 4 nitrogen and oxygen atoms in total. The Morgan fingerprint density at radius 2 is 2.00 bits per heavy atom. The number of hydrogen-bond donors (Lipinski definition) is 0. The number of hydrogen-bond acceptors (Lipinski definition) is 4. The fourth-order valence-corrected chi connectivity index (χ4v) is 1.56. The van der Waals surface area contributed by atoms with Crippen molar-refractivity contribution in [1.82, 2.24) is 0 Å². The van der Waals surface area contributed by atoms with E-state index in [0.717, 1.165) is 23.0 Å². The molecule has 1 aliphatic heterocycles. The number of carbonyl (C=O) groups excluding carboxylic acids is 2. The van der Waals surface area contributed by atoms with E-state index < -0.39 is 0 Å².